The first-order chi connectivity index (χ1) is 11.5. The van der Waals surface area contributed by atoms with Crippen molar-refractivity contribution in [2.24, 2.45) is 0 Å². The van der Waals surface area contributed by atoms with Gasteiger partial charge in [-0.05, 0) is 38.1 Å². The minimum Gasteiger partial charge on any atom is -0.376 e. The van der Waals surface area contributed by atoms with Gasteiger partial charge < -0.3 is 18.8 Å². The van der Waals surface area contributed by atoms with Crippen molar-refractivity contribution in [3.63, 3.8) is 0 Å². The highest BCUT2D eigenvalue weighted by molar-refractivity contribution is 6.35. The molecule has 2 aromatic rings. The van der Waals surface area contributed by atoms with Gasteiger partial charge in [0.2, 0.25) is 5.79 Å². The maximum absolute atomic E-state index is 6.43. The lowest BCUT2D eigenvalue weighted by molar-refractivity contribution is -0.192. The van der Waals surface area contributed by atoms with Crippen molar-refractivity contribution in [2.45, 2.75) is 38.4 Å². The van der Waals surface area contributed by atoms with Crippen LogP contribution in [-0.2, 0) is 26.5 Å². The van der Waals surface area contributed by atoms with Crippen LogP contribution in [0.25, 0.3) is 0 Å². The molecule has 0 saturated carbocycles. The molecular weight excluding hydrogens is 349 g/mol. The van der Waals surface area contributed by atoms with E-state index in [0.29, 0.717) is 29.8 Å². The predicted octanol–water partition coefficient (Wildman–Crippen LogP) is 4.49. The highest BCUT2D eigenvalue weighted by Gasteiger charge is 2.45. The zero-order valence-electron chi connectivity index (χ0n) is 13.7. The summed E-state index contributed by atoms with van der Waals surface area (Å²) in [4.78, 5) is 0. The van der Waals surface area contributed by atoms with Crippen LogP contribution in [0.4, 0.5) is 0 Å². The van der Waals surface area contributed by atoms with Crippen LogP contribution in [-0.4, -0.2) is 30.0 Å². The van der Waals surface area contributed by atoms with Gasteiger partial charge in [0.15, 0.2) is 0 Å². The number of benzene rings is 1. The van der Waals surface area contributed by atoms with Crippen molar-refractivity contribution in [1.82, 2.24) is 4.57 Å². The summed E-state index contributed by atoms with van der Waals surface area (Å²) in [5.41, 5.74) is 0.773. The van der Waals surface area contributed by atoms with E-state index in [9.17, 15) is 0 Å². The Labute approximate surface area is 152 Å². The van der Waals surface area contributed by atoms with Gasteiger partial charge in [0.1, 0.15) is 6.10 Å². The number of rotatable bonds is 6. The Hall–Kier alpha value is -1.04. The first-order valence-electron chi connectivity index (χ1n) is 7.98. The highest BCUT2D eigenvalue weighted by Crippen LogP contribution is 2.40. The molecule has 0 bridgehead atoms. The smallest absolute Gasteiger partial charge is 0.215 e. The summed E-state index contributed by atoms with van der Waals surface area (Å²) < 4.78 is 20.1. The van der Waals surface area contributed by atoms with Gasteiger partial charge in [-0.1, -0.05) is 29.3 Å². The SMILES string of the molecule is CC(C)OCC1COC(Cn2cccc2)(c2ccc(Cl)cc2Cl)O1. The molecule has 1 aliphatic rings. The van der Waals surface area contributed by atoms with E-state index in [2.05, 4.69) is 0 Å². The van der Waals surface area contributed by atoms with Crippen LogP contribution in [0.2, 0.25) is 10.0 Å². The molecule has 1 aliphatic heterocycles. The molecule has 0 spiro atoms. The van der Waals surface area contributed by atoms with Crippen LogP contribution >= 0.6 is 23.2 Å². The Morgan fingerprint density at radius 3 is 2.71 bits per heavy atom. The first kappa shape index (κ1) is 17.8. The van der Waals surface area contributed by atoms with Crippen LogP contribution in [0.15, 0.2) is 42.7 Å². The van der Waals surface area contributed by atoms with E-state index in [1.165, 1.54) is 0 Å². The molecule has 0 N–H and O–H groups in total. The Morgan fingerprint density at radius 2 is 2.04 bits per heavy atom. The second-order valence-corrected chi connectivity index (χ2v) is 7.01. The maximum atomic E-state index is 6.43. The Bertz CT molecular complexity index is 675. The van der Waals surface area contributed by atoms with Gasteiger partial charge in [0.05, 0.1) is 30.9 Å². The third-order valence-electron chi connectivity index (χ3n) is 3.87. The summed E-state index contributed by atoms with van der Waals surface area (Å²) in [5.74, 6) is -0.953. The van der Waals surface area contributed by atoms with E-state index < -0.39 is 5.79 Å². The number of nitrogens with zero attached hydrogens (tertiary/aromatic N) is 1. The van der Waals surface area contributed by atoms with Crippen molar-refractivity contribution >= 4 is 23.2 Å². The lowest BCUT2D eigenvalue weighted by atomic mass is 10.1. The molecule has 0 radical (unpaired) electrons. The third-order valence-corrected chi connectivity index (χ3v) is 4.42. The van der Waals surface area contributed by atoms with Crippen molar-refractivity contribution in [3.8, 4) is 0 Å². The summed E-state index contributed by atoms with van der Waals surface area (Å²) in [5, 5.41) is 1.11. The van der Waals surface area contributed by atoms with Crippen molar-refractivity contribution < 1.29 is 14.2 Å². The minimum atomic E-state index is -0.953. The van der Waals surface area contributed by atoms with Crippen molar-refractivity contribution in [1.29, 1.82) is 0 Å². The lowest BCUT2D eigenvalue weighted by Crippen LogP contribution is -2.34. The Morgan fingerprint density at radius 1 is 1.29 bits per heavy atom. The molecule has 1 aromatic carbocycles. The maximum Gasteiger partial charge on any atom is 0.215 e. The molecule has 2 heterocycles. The van der Waals surface area contributed by atoms with Crippen LogP contribution in [0.1, 0.15) is 19.4 Å². The average Bonchev–Trinajstić information content (AvgIpc) is 3.16. The summed E-state index contributed by atoms with van der Waals surface area (Å²) in [6.07, 6.45) is 3.94. The molecule has 0 amide bonds. The molecule has 24 heavy (non-hydrogen) atoms. The van der Waals surface area contributed by atoms with Crippen LogP contribution in [0.3, 0.4) is 0 Å². The Kier molecular flexibility index (Phi) is 5.52. The summed E-state index contributed by atoms with van der Waals surface area (Å²) in [6, 6.07) is 9.29. The van der Waals surface area contributed by atoms with Gasteiger partial charge >= 0.3 is 0 Å². The molecule has 2 atom stereocenters. The Balaban J connectivity index is 1.88. The van der Waals surface area contributed by atoms with E-state index in [4.69, 9.17) is 37.4 Å². The number of ether oxygens (including phenoxy) is 3. The van der Waals surface area contributed by atoms with Gasteiger partial charge in [-0.2, -0.15) is 0 Å². The highest BCUT2D eigenvalue weighted by atomic mass is 35.5. The number of halogens is 2. The predicted molar refractivity (Wildman–Crippen MR) is 94.5 cm³/mol. The van der Waals surface area contributed by atoms with Gasteiger partial charge in [-0.15, -0.1) is 0 Å². The van der Waals surface area contributed by atoms with Crippen molar-refractivity contribution in [3.05, 3.63) is 58.3 Å². The number of hydrogen-bond donors (Lipinski definition) is 0. The van der Waals surface area contributed by atoms with E-state index in [-0.39, 0.29) is 12.2 Å². The number of aromatic nitrogens is 1. The summed E-state index contributed by atoms with van der Waals surface area (Å²) in [7, 11) is 0. The summed E-state index contributed by atoms with van der Waals surface area (Å²) >= 11 is 12.5. The third kappa shape index (κ3) is 3.95. The van der Waals surface area contributed by atoms with Gasteiger partial charge in [0, 0.05) is 23.0 Å². The molecular formula is C18H21Cl2NO3. The fourth-order valence-electron chi connectivity index (χ4n) is 2.77. The van der Waals surface area contributed by atoms with Gasteiger partial charge in [-0.3, -0.25) is 0 Å². The van der Waals surface area contributed by atoms with Gasteiger partial charge in [-0.25, -0.2) is 0 Å². The van der Waals surface area contributed by atoms with Crippen LogP contribution in [0, 0.1) is 0 Å². The molecule has 1 aromatic heterocycles. The van der Waals surface area contributed by atoms with E-state index >= 15 is 0 Å². The fourth-order valence-corrected chi connectivity index (χ4v) is 3.32. The van der Waals surface area contributed by atoms with E-state index in [1.54, 1.807) is 12.1 Å². The molecule has 130 valence electrons. The zero-order valence-corrected chi connectivity index (χ0v) is 15.3. The second kappa shape index (κ2) is 7.46. The average molecular weight is 370 g/mol. The van der Waals surface area contributed by atoms with Crippen molar-refractivity contribution in [2.75, 3.05) is 13.2 Å². The van der Waals surface area contributed by atoms with Crippen LogP contribution in [0.5, 0.6) is 0 Å². The second-order valence-electron chi connectivity index (χ2n) is 6.17. The normalized spacial score (nSPS) is 24.0. The molecule has 2 unspecified atom stereocenters. The molecule has 0 aliphatic carbocycles. The summed E-state index contributed by atoms with van der Waals surface area (Å²) in [6.45, 7) is 5.43. The quantitative estimate of drug-likeness (QED) is 0.751. The van der Waals surface area contributed by atoms with Crippen LogP contribution < -0.4 is 0 Å². The molecule has 1 saturated heterocycles. The first-order valence-corrected chi connectivity index (χ1v) is 8.74. The van der Waals surface area contributed by atoms with E-state index in [1.807, 2.05) is 49.0 Å². The number of hydrogen-bond acceptors (Lipinski definition) is 3. The lowest BCUT2D eigenvalue weighted by Gasteiger charge is -2.30. The molecule has 1 fully saturated rings. The minimum absolute atomic E-state index is 0.144. The topological polar surface area (TPSA) is 32.6 Å². The zero-order chi connectivity index (χ0) is 17.2. The largest absolute Gasteiger partial charge is 0.376 e. The van der Waals surface area contributed by atoms with E-state index in [0.717, 1.165) is 5.56 Å². The molecule has 4 nitrogen and oxygen atoms in total. The molecule has 6 heteroatoms. The van der Waals surface area contributed by atoms with Gasteiger partial charge in [0.25, 0.3) is 0 Å². The monoisotopic (exact) mass is 369 g/mol. The fraction of sp³-hybridized carbons (Fsp3) is 0.444. The molecule has 3 rings (SSSR count). The standard InChI is InChI=1S/C18H21Cl2NO3/c1-13(2)22-10-15-11-23-18(24-15,12-21-7-3-4-8-21)16-6-5-14(19)9-17(16)20/h3-9,13,15H,10-12H2,1-2H3.